The Bertz CT molecular complexity index is 479. The van der Waals surface area contributed by atoms with Crippen LogP contribution in [0.4, 0.5) is 0 Å². The molecule has 1 N–H and O–H groups in total. The van der Waals surface area contributed by atoms with Gasteiger partial charge in [-0.05, 0) is 17.5 Å². The van der Waals surface area contributed by atoms with Crippen LogP contribution < -0.4 is 0 Å². The van der Waals surface area contributed by atoms with E-state index in [1.165, 1.54) is 16.5 Å². The fourth-order valence-corrected chi connectivity index (χ4v) is 2.37. The lowest BCUT2D eigenvalue weighted by Crippen LogP contribution is -2.22. The molecule has 0 atom stereocenters. The molecule has 0 aromatic carbocycles. The SMILES string of the molecule is BrN1CCc2c(cnc3[nH]ncc23)C1. The number of hydrogen-bond donors (Lipinski definition) is 1. The van der Waals surface area contributed by atoms with Crippen LogP contribution in [0.5, 0.6) is 0 Å². The van der Waals surface area contributed by atoms with Crippen molar-refractivity contribution < 1.29 is 0 Å². The second kappa shape index (κ2) is 3.03. The molecule has 3 heterocycles. The summed E-state index contributed by atoms with van der Waals surface area (Å²) in [7, 11) is 0. The van der Waals surface area contributed by atoms with Crippen LogP contribution in [0.15, 0.2) is 12.4 Å². The zero-order valence-electron chi connectivity index (χ0n) is 7.50. The molecule has 0 bridgehead atoms. The van der Waals surface area contributed by atoms with Gasteiger partial charge in [-0.1, -0.05) is 0 Å². The molecule has 0 fully saturated rings. The number of rotatable bonds is 0. The molecule has 1 aliphatic heterocycles. The molecular weight excluding hydrogens is 244 g/mol. The van der Waals surface area contributed by atoms with Gasteiger partial charge in [-0.15, -0.1) is 0 Å². The zero-order valence-corrected chi connectivity index (χ0v) is 9.08. The third kappa shape index (κ3) is 1.16. The summed E-state index contributed by atoms with van der Waals surface area (Å²) in [6, 6.07) is 0. The predicted octanol–water partition coefficient (Wildman–Crippen LogP) is 1.63. The number of aromatic amines is 1. The fourth-order valence-electron chi connectivity index (χ4n) is 1.92. The number of halogens is 1. The molecule has 4 nitrogen and oxygen atoms in total. The molecule has 2 aromatic heterocycles. The molecule has 3 rings (SSSR count). The van der Waals surface area contributed by atoms with E-state index in [9.17, 15) is 0 Å². The predicted molar refractivity (Wildman–Crippen MR) is 56.9 cm³/mol. The Morgan fingerprint density at radius 2 is 2.36 bits per heavy atom. The van der Waals surface area contributed by atoms with Crippen molar-refractivity contribution in [2.75, 3.05) is 6.54 Å². The van der Waals surface area contributed by atoms with E-state index in [2.05, 4.69) is 35.3 Å². The largest absolute Gasteiger partial charge is 0.261 e. The van der Waals surface area contributed by atoms with Gasteiger partial charge in [0.1, 0.15) is 0 Å². The number of nitrogens with zero attached hydrogens (tertiary/aromatic N) is 3. The van der Waals surface area contributed by atoms with Gasteiger partial charge in [-0.3, -0.25) is 5.10 Å². The number of pyridine rings is 1. The standard InChI is InChI=1S/C9H9BrN4/c10-14-2-1-7-6(5-14)3-11-9-8(7)4-12-13-9/h3-4H,1-2,5H2,(H,11,12,13). The van der Waals surface area contributed by atoms with Crippen molar-refractivity contribution in [2.45, 2.75) is 13.0 Å². The second-order valence-corrected chi connectivity index (χ2v) is 4.49. The third-order valence-electron chi connectivity index (χ3n) is 2.63. The van der Waals surface area contributed by atoms with Crippen molar-refractivity contribution in [3.63, 3.8) is 0 Å². The smallest absolute Gasteiger partial charge is 0.155 e. The molecule has 0 unspecified atom stereocenters. The Kier molecular flexibility index (Phi) is 1.81. The van der Waals surface area contributed by atoms with Crippen LogP contribution in [0.25, 0.3) is 11.0 Å². The molecule has 5 heteroatoms. The summed E-state index contributed by atoms with van der Waals surface area (Å²) in [4.78, 5) is 4.32. The van der Waals surface area contributed by atoms with E-state index in [1.54, 1.807) is 0 Å². The number of aromatic nitrogens is 3. The number of H-pyrrole nitrogens is 1. The highest BCUT2D eigenvalue weighted by atomic mass is 79.9. The van der Waals surface area contributed by atoms with Crippen LogP contribution in [0, 0.1) is 0 Å². The van der Waals surface area contributed by atoms with Crippen molar-refractivity contribution in [1.82, 2.24) is 19.1 Å². The topological polar surface area (TPSA) is 44.8 Å². The highest BCUT2D eigenvalue weighted by Crippen LogP contribution is 2.25. The summed E-state index contributed by atoms with van der Waals surface area (Å²) in [5.74, 6) is 0. The minimum atomic E-state index is 0.895. The van der Waals surface area contributed by atoms with Crippen LogP contribution in [0.3, 0.4) is 0 Å². The maximum absolute atomic E-state index is 4.32. The molecular formula is C9H9BrN4. The average molecular weight is 253 g/mol. The molecule has 72 valence electrons. The van der Waals surface area contributed by atoms with E-state index >= 15 is 0 Å². The first-order chi connectivity index (χ1) is 6.84. The number of nitrogens with one attached hydrogen (secondary N) is 1. The van der Waals surface area contributed by atoms with Crippen molar-refractivity contribution >= 4 is 27.2 Å². The van der Waals surface area contributed by atoms with Gasteiger partial charge in [0.25, 0.3) is 0 Å². The van der Waals surface area contributed by atoms with Crippen LogP contribution in [-0.4, -0.2) is 25.7 Å². The maximum atomic E-state index is 4.32. The third-order valence-corrected chi connectivity index (χ3v) is 3.23. The van der Waals surface area contributed by atoms with E-state index in [4.69, 9.17) is 0 Å². The Labute approximate surface area is 89.7 Å². The van der Waals surface area contributed by atoms with Crippen LogP contribution in [-0.2, 0) is 13.0 Å². The molecule has 1 aliphatic rings. The Morgan fingerprint density at radius 3 is 3.29 bits per heavy atom. The quantitative estimate of drug-likeness (QED) is 0.726. The summed E-state index contributed by atoms with van der Waals surface area (Å²) in [5, 5.41) is 8.08. The van der Waals surface area contributed by atoms with Gasteiger partial charge in [0.05, 0.1) is 6.20 Å². The number of fused-ring (bicyclic) bond motifs is 3. The summed E-state index contributed by atoms with van der Waals surface area (Å²) in [5.41, 5.74) is 3.58. The van der Waals surface area contributed by atoms with Crippen molar-refractivity contribution in [3.8, 4) is 0 Å². The molecule has 0 radical (unpaired) electrons. The molecule has 0 saturated carbocycles. The van der Waals surface area contributed by atoms with Gasteiger partial charge in [-0.25, -0.2) is 8.91 Å². The molecule has 0 spiro atoms. The first-order valence-corrected chi connectivity index (χ1v) is 5.26. The lowest BCUT2D eigenvalue weighted by molar-refractivity contribution is 0.461. The molecule has 0 aliphatic carbocycles. The van der Waals surface area contributed by atoms with Crippen LogP contribution in [0.2, 0.25) is 0 Å². The summed E-state index contributed by atoms with van der Waals surface area (Å²) in [6.45, 7) is 1.96. The molecule has 14 heavy (non-hydrogen) atoms. The summed E-state index contributed by atoms with van der Waals surface area (Å²) < 4.78 is 2.13. The van der Waals surface area contributed by atoms with Crippen LogP contribution in [0.1, 0.15) is 11.1 Å². The second-order valence-electron chi connectivity index (χ2n) is 3.49. The Balaban J connectivity index is 2.24. The monoisotopic (exact) mass is 252 g/mol. The van der Waals surface area contributed by atoms with Gasteiger partial charge in [0.15, 0.2) is 5.65 Å². The van der Waals surface area contributed by atoms with E-state index in [-0.39, 0.29) is 0 Å². The molecule has 2 aromatic rings. The normalized spacial score (nSPS) is 17.2. The first-order valence-electron chi connectivity index (χ1n) is 4.55. The first kappa shape index (κ1) is 8.38. The van der Waals surface area contributed by atoms with Crippen molar-refractivity contribution in [2.24, 2.45) is 0 Å². The van der Waals surface area contributed by atoms with Crippen LogP contribution >= 0.6 is 16.1 Å². The van der Waals surface area contributed by atoms with Crippen molar-refractivity contribution in [3.05, 3.63) is 23.5 Å². The average Bonchev–Trinajstić information content (AvgIpc) is 2.65. The van der Waals surface area contributed by atoms with Gasteiger partial charge in [-0.2, -0.15) is 5.10 Å². The Hall–Kier alpha value is -0.940. The maximum Gasteiger partial charge on any atom is 0.155 e. The molecule has 0 saturated heterocycles. The Morgan fingerprint density at radius 1 is 1.43 bits per heavy atom. The highest BCUT2D eigenvalue weighted by molar-refractivity contribution is 9.07. The van der Waals surface area contributed by atoms with Gasteiger partial charge in [0.2, 0.25) is 0 Å². The van der Waals surface area contributed by atoms with Gasteiger partial charge in [0, 0.05) is 40.8 Å². The van der Waals surface area contributed by atoms with E-state index in [0.29, 0.717) is 0 Å². The fraction of sp³-hybridized carbons (Fsp3) is 0.333. The number of hydrogen-bond acceptors (Lipinski definition) is 3. The van der Waals surface area contributed by atoms with Gasteiger partial charge < -0.3 is 0 Å². The van der Waals surface area contributed by atoms with E-state index < -0.39 is 0 Å². The lowest BCUT2D eigenvalue weighted by atomic mass is 10.0. The highest BCUT2D eigenvalue weighted by Gasteiger charge is 2.17. The van der Waals surface area contributed by atoms with E-state index in [1.807, 2.05) is 12.4 Å². The van der Waals surface area contributed by atoms with Crippen molar-refractivity contribution in [1.29, 1.82) is 0 Å². The molecule has 0 amide bonds. The van der Waals surface area contributed by atoms with E-state index in [0.717, 1.165) is 25.2 Å². The minimum absolute atomic E-state index is 0.895. The van der Waals surface area contributed by atoms with Gasteiger partial charge >= 0.3 is 0 Å². The zero-order chi connectivity index (χ0) is 9.54. The summed E-state index contributed by atoms with van der Waals surface area (Å²) in [6.07, 6.45) is 4.85. The summed E-state index contributed by atoms with van der Waals surface area (Å²) >= 11 is 3.50. The lowest BCUT2D eigenvalue weighted by Gasteiger charge is -2.22. The minimum Gasteiger partial charge on any atom is -0.261 e.